The first-order chi connectivity index (χ1) is 9.03. The van der Waals surface area contributed by atoms with Crippen molar-refractivity contribution in [2.75, 3.05) is 19.7 Å². The van der Waals surface area contributed by atoms with Crippen LogP contribution < -0.4 is 4.74 Å². The average molecular weight is 282 g/mol. The first-order valence-corrected chi connectivity index (χ1v) is 7.71. The van der Waals surface area contributed by atoms with E-state index in [1.54, 1.807) is 31.2 Å². The Balaban J connectivity index is 2.88. The van der Waals surface area contributed by atoms with Gasteiger partial charge in [0.05, 0.1) is 18.4 Å². The molecule has 1 rings (SSSR count). The van der Waals surface area contributed by atoms with Gasteiger partial charge in [-0.3, -0.25) is 0 Å². The zero-order valence-corrected chi connectivity index (χ0v) is 12.0. The molecule has 0 aliphatic heterocycles. The average Bonchev–Trinajstić information content (AvgIpc) is 2.36. The molecule has 0 atom stereocenters. The summed E-state index contributed by atoms with van der Waals surface area (Å²) in [4.78, 5) is 0. The summed E-state index contributed by atoms with van der Waals surface area (Å²) in [7, 11) is -3.46. The number of nitriles is 1. The third kappa shape index (κ3) is 4.54. The van der Waals surface area contributed by atoms with E-state index < -0.39 is 10.0 Å². The Kier molecular flexibility index (Phi) is 5.80. The number of nitrogens with zero attached hydrogens (tertiary/aromatic N) is 2. The number of hydrogen-bond donors (Lipinski definition) is 0. The predicted molar refractivity (Wildman–Crippen MR) is 73.1 cm³/mol. The van der Waals surface area contributed by atoms with Crippen molar-refractivity contribution in [1.29, 1.82) is 5.26 Å². The molecule has 0 saturated heterocycles. The minimum atomic E-state index is -3.46. The Morgan fingerprint density at radius 2 is 2.11 bits per heavy atom. The Morgan fingerprint density at radius 3 is 2.68 bits per heavy atom. The summed E-state index contributed by atoms with van der Waals surface area (Å²) in [6, 6.07) is 8.85. The van der Waals surface area contributed by atoms with Crippen molar-refractivity contribution in [3.05, 3.63) is 29.8 Å². The van der Waals surface area contributed by atoms with E-state index in [4.69, 9.17) is 10.00 Å². The Bertz CT molecular complexity index is 549. The third-order valence-corrected chi connectivity index (χ3v) is 4.42. The molecule has 0 aromatic heterocycles. The summed E-state index contributed by atoms with van der Waals surface area (Å²) in [5.41, 5.74) is 0.655. The molecule has 5 nitrogen and oxygen atoms in total. The standard InChI is InChI=1S/C13H18N2O3S/c1-3-15(9-8-14)19(16,17)11-12-6-5-7-13(10-12)18-4-2/h5-7,10H,3-4,9,11H2,1-2H3. The molecule has 0 fully saturated rings. The second kappa shape index (κ2) is 7.12. The molecule has 0 unspecified atom stereocenters. The maximum absolute atomic E-state index is 12.1. The van der Waals surface area contributed by atoms with Crippen molar-refractivity contribution in [1.82, 2.24) is 4.31 Å². The molecule has 0 saturated carbocycles. The van der Waals surface area contributed by atoms with Gasteiger partial charge in [-0.05, 0) is 24.6 Å². The van der Waals surface area contributed by atoms with Crippen molar-refractivity contribution in [3.63, 3.8) is 0 Å². The highest BCUT2D eigenvalue weighted by Crippen LogP contribution is 2.17. The van der Waals surface area contributed by atoms with Gasteiger partial charge in [0.2, 0.25) is 10.0 Å². The van der Waals surface area contributed by atoms with Crippen molar-refractivity contribution in [3.8, 4) is 11.8 Å². The minimum Gasteiger partial charge on any atom is -0.494 e. The van der Waals surface area contributed by atoms with E-state index in [0.29, 0.717) is 24.5 Å². The smallest absolute Gasteiger partial charge is 0.219 e. The highest BCUT2D eigenvalue weighted by molar-refractivity contribution is 7.88. The van der Waals surface area contributed by atoms with Crippen LogP contribution in [0.1, 0.15) is 19.4 Å². The molecule has 0 amide bonds. The van der Waals surface area contributed by atoms with Gasteiger partial charge in [-0.2, -0.15) is 9.57 Å². The number of hydrogen-bond acceptors (Lipinski definition) is 4. The molecular formula is C13H18N2O3S. The summed E-state index contributed by atoms with van der Waals surface area (Å²) in [5.74, 6) is 0.530. The van der Waals surface area contributed by atoms with Crippen LogP contribution in [0.4, 0.5) is 0 Å². The van der Waals surface area contributed by atoms with E-state index in [9.17, 15) is 8.42 Å². The molecule has 0 N–H and O–H groups in total. The summed E-state index contributed by atoms with van der Waals surface area (Å²) in [6.45, 7) is 4.29. The van der Waals surface area contributed by atoms with Crippen LogP contribution in [0, 0.1) is 11.3 Å². The fourth-order valence-electron chi connectivity index (χ4n) is 1.68. The fraction of sp³-hybridized carbons (Fsp3) is 0.462. The SMILES string of the molecule is CCOc1cccc(CS(=O)(=O)N(CC)CC#N)c1. The van der Waals surface area contributed by atoms with Gasteiger partial charge in [0.25, 0.3) is 0 Å². The van der Waals surface area contributed by atoms with E-state index >= 15 is 0 Å². The largest absolute Gasteiger partial charge is 0.494 e. The molecule has 104 valence electrons. The lowest BCUT2D eigenvalue weighted by Gasteiger charge is -2.17. The third-order valence-electron chi connectivity index (χ3n) is 2.55. The normalized spacial score (nSPS) is 11.3. The minimum absolute atomic E-state index is 0.121. The lowest BCUT2D eigenvalue weighted by atomic mass is 10.2. The van der Waals surface area contributed by atoms with E-state index in [2.05, 4.69) is 0 Å². The Morgan fingerprint density at radius 1 is 1.37 bits per heavy atom. The molecule has 19 heavy (non-hydrogen) atoms. The van der Waals surface area contributed by atoms with Crippen molar-refractivity contribution >= 4 is 10.0 Å². The van der Waals surface area contributed by atoms with Gasteiger partial charge in [0.15, 0.2) is 0 Å². The fourth-order valence-corrected chi connectivity index (χ4v) is 3.11. The maximum Gasteiger partial charge on any atom is 0.219 e. The molecule has 0 spiro atoms. The van der Waals surface area contributed by atoms with E-state index in [1.165, 1.54) is 4.31 Å². The molecule has 0 heterocycles. The molecule has 0 aliphatic carbocycles. The summed E-state index contributed by atoms with van der Waals surface area (Å²) in [6.07, 6.45) is 0. The second-order valence-electron chi connectivity index (χ2n) is 3.92. The van der Waals surface area contributed by atoms with Crippen molar-refractivity contribution < 1.29 is 13.2 Å². The quantitative estimate of drug-likeness (QED) is 0.714. The lowest BCUT2D eigenvalue weighted by Crippen LogP contribution is -2.32. The van der Waals surface area contributed by atoms with Crippen LogP contribution in [0.15, 0.2) is 24.3 Å². The van der Waals surface area contributed by atoms with Crippen molar-refractivity contribution in [2.24, 2.45) is 0 Å². The van der Waals surface area contributed by atoms with Crippen LogP contribution in [-0.2, 0) is 15.8 Å². The van der Waals surface area contributed by atoms with Crippen molar-refractivity contribution in [2.45, 2.75) is 19.6 Å². The molecule has 1 aromatic carbocycles. The lowest BCUT2D eigenvalue weighted by molar-refractivity contribution is 0.340. The maximum atomic E-state index is 12.1. The van der Waals surface area contributed by atoms with Gasteiger partial charge in [-0.15, -0.1) is 0 Å². The van der Waals surface area contributed by atoms with E-state index in [0.717, 1.165) is 0 Å². The number of benzene rings is 1. The molecule has 1 aromatic rings. The summed E-state index contributed by atoms with van der Waals surface area (Å²) in [5, 5.41) is 8.64. The van der Waals surface area contributed by atoms with Gasteiger partial charge < -0.3 is 4.74 Å². The number of sulfonamides is 1. The molecule has 6 heteroatoms. The van der Waals surface area contributed by atoms with Gasteiger partial charge in [0, 0.05) is 6.54 Å². The molecular weight excluding hydrogens is 264 g/mol. The van der Waals surface area contributed by atoms with Crippen LogP contribution in [0.3, 0.4) is 0 Å². The molecule has 0 radical (unpaired) electrons. The van der Waals surface area contributed by atoms with E-state index in [-0.39, 0.29) is 12.3 Å². The Labute approximate surface area is 114 Å². The zero-order chi connectivity index (χ0) is 14.3. The van der Waals surface area contributed by atoms with Crippen LogP contribution in [-0.4, -0.2) is 32.4 Å². The van der Waals surface area contributed by atoms with Gasteiger partial charge in [-0.1, -0.05) is 19.1 Å². The Hall–Kier alpha value is -1.58. The number of ether oxygens (including phenoxy) is 1. The predicted octanol–water partition coefficient (Wildman–Crippen LogP) is 1.76. The first-order valence-electron chi connectivity index (χ1n) is 6.10. The monoisotopic (exact) mass is 282 g/mol. The second-order valence-corrected chi connectivity index (χ2v) is 5.89. The number of rotatable bonds is 7. The van der Waals surface area contributed by atoms with E-state index in [1.807, 2.05) is 13.0 Å². The summed E-state index contributed by atoms with van der Waals surface area (Å²) < 4.78 is 30.8. The first kappa shape index (κ1) is 15.5. The van der Waals surface area contributed by atoms with Crippen LogP contribution in [0.25, 0.3) is 0 Å². The summed E-state index contributed by atoms with van der Waals surface area (Å²) >= 11 is 0. The highest BCUT2D eigenvalue weighted by atomic mass is 32.2. The van der Waals surface area contributed by atoms with Crippen LogP contribution >= 0.6 is 0 Å². The molecule has 0 aliphatic rings. The van der Waals surface area contributed by atoms with Gasteiger partial charge in [-0.25, -0.2) is 8.42 Å². The van der Waals surface area contributed by atoms with Crippen LogP contribution in [0.5, 0.6) is 5.75 Å². The van der Waals surface area contributed by atoms with Crippen LogP contribution in [0.2, 0.25) is 0 Å². The topological polar surface area (TPSA) is 70.4 Å². The molecule has 0 bridgehead atoms. The van der Waals surface area contributed by atoms with Gasteiger partial charge in [0.1, 0.15) is 12.3 Å². The van der Waals surface area contributed by atoms with Gasteiger partial charge >= 0.3 is 0 Å². The highest BCUT2D eigenvalue weighted by Gasteiger charge is 2.20. The zero-order valence-electron chi connectivity index (χ0n) is 11.2.